The summed E-state index contributed by atoms with van der Waals surface area (Å²) in [6.45, 7) is 3.06. The van der Waals surface area contributed by atoms with E-state index in [0.717, 1.165) is 17.0 Å². The predicted octanol–water partition coefficient (Wildman–Crippen LogP) is 3.46. The van der Waals surface area contributed by atoms with Crippen LogP contribution in [-0.2, 0) is 15.7 Å². The molecule has 0 spiro atoms. The number of alkyl carbamates (subject to hydrolysis) is 1. The van der Waals surface area contributed by atoms with Crippen molar-refractivity contribution in [1.82, 2.24) is 5.32 Å². The van der Waals surface area contributed by atoms with Gasteiger partial charge in [0.25, 0.3) is 0 Å². The Morgan fingerprint density at radius 2 is 2.00 bits per heavy atom. The van der Waals surface area contributed by atoms with Gasteiger partial charge in [-0.05, 0) is 25.1 Å². The lowest BCUT2D eigenvalue weighted by Crippen LogP contribution is -2.37. The van der Waals surface area contributed by atoms with Crippen LogP contribution in [0.25, 0.3) is 0 Å². The lowest BCUT2D eigenvalue weighted by Gasteiger charge is -2.22. The van der Waals surface area contributed by atoms with Crippen molar-refractivity contribution in [3.05, 3.63) is 28.8 Å². The summed E-state index contributed by atoms with van der Waals surface area (Å²) in [5, 5.41) is 1.94. The normalized spacial score (nSPS) is 11.0. The highest BCUT2D eigenvalue weighted by atomic mass is 35.5. The molecule has 0 aliphatic rings. The van der Waals surface area contributed by atoms with Crippen LogP contribution in [0, 0.1) is 0 Å². The Morgan fingerprint density at radius 1 is 1.35 bits per heavy atom. The molecule has 1 aromatic rings. The number of nitrogens with one attached hydrogen (secondary N) is 1. The van der Waals surface area contributed by atoms with Crippen LogP contribution in [0.1, 0.15) is 19.4 Å². The number of amides is 2. The Labute approximate surface area is 136 Å². The maximum absolute atomic E-state index is 12.9. The first kappa shape index (κ1) is 19.1. The number of hydrogen-bond donors (Lipinski definition) is 1. The second-order valence-corrected chi connectivity index (χ2v) is 4.89. The van der Waals surface area contributed by atoms with E-state index in [2.05, 4.69) is 10.1 Å². The van der Waals surface area contributed by atoms with E-state index in [9.17, 15) is 22.8 Å². The fourth-order valence-electron chi connectivity index (χ4n) is 1.82. The van der Waals surface area contributed by atoms with Crippen LogP contribution in [0.4, 0.5) is 23.7 Å². The van der Waals surface area contributed by atoms with Crippen molar-refractivity contribution in [2.24, 2.45) is 0 Å². The van der Waals surface area contributed by atoms with Crippen LogP contribution in [0.5, 0.6) is 0 Å². The van der Waals surface area contributed by atoms with Gasteiger partial charge in [0.15, 0.2) is 0 Å². The van der Waals surface area contributed by atoms with Crippen molar-refractivity contribution in [2.45, 2.75) is 20.0 Å². The summed E-state index contributed by atoms with van der Waals surface area (Å²) < 4.78 is 43.3. The quantitative estimate of drug-likeness (QED) is 0.883. The monoisotopic (exact) mass is 352 g/mol. The van der Waals surface area contributed by atoms with Crippen LogP contribution in [-0.4, -0.2) is 31.7 Å². The smallest absolute Gasteiger partial charge is 0.417 e. The summed E-state index contributed by atoms with van der Waals surface area (Å²) in [4.78, 5) is 23.9. The average molecular weight is 353 g/mol. The number of halogens is 4. The van der Waals surface area contributed by atoms with Crippen LogP contribution in [0.2, 0.25) is 5.02 Å². The molecule has 5 nitrogen and oxygen atoms in total. The third kappa shape index (κ3) is 5.63. The first-order chi connectivity index (χ1) is 10.7. The largest absolute Gasteiger partial charge is 0.450 e. The molecule has 0 radical (unpaired) electrons. The van der Waals surface area contributed by atoms with Gasteiger partial charge in [0, 0.05) is 25.7 Å². The Kier molecular flexibility index (Phi) is 6.68. The third-order valence-corrected chi connectivity index (χ3v) is 3.16. The van der Waals surface area contributed by atoms with E-state index in [1.807, 2.05) is 0 Å². The molecule has 0 bridgehead atoms. The lowest BCUT2D eigenvalue weighted by atomic mass is 10.1. The third-order valence-electron chi connectivity index (χ3n) is 2.83. The summed E-state index contributed by atoms with van der Waals surface area (Å²) in [6, 6.07) is 3.19. The maximum atomic E-state index is 12.9. The number of alkyl halides is 3. The minimum atomic E-state index is -4.63. The first-order valence-corrected chi connectivity index (χ1v) is 7.10. The molecule has 1 rings (SSSR count). The zero-order chi connectivity index (χ0) is 17.6. The van der Waals surface area contributed by atoms with E-state index in [1.54, 1.807) is 6.92 Å². The van der Waals surface area contributed by atoms with Crippen LogP contribution < -0.4 is 10.2 Å². The molecule has 1 N–H and O–H groups in total. The zero-order valence-electron chi connectivity index (χ0n) is 12.5. The fraction of sp³-hybridized carbons (Fsp3) is 0.429. The minimum absolute atomic E-state index is 0.00687. The van der Waals surface area contributed by atoms with Gasteiger partial charge in [-0.15, -0.1) is 0 Å². The Morgan fingerprint density at radius 3 is 2.52 bits per heavy atom. The number of carbonyl (C=O) groups excluding carboxylic acids is 2. The minimum Gasteiger partial charge on any atom is -0.450 e. The molecule has 0 atom stereocenters. The summed E-state index contributed by atoms with van der Waals surface area (Å²) in [5.41, 5.74) is -0.985. The number of ether oxygens (including phenoxy) is 1. The Bertz CT molecular complexity index is 579. The van der Waals surface area contributed by atoms with Crippen LogP contribution in [0.3, 0.4) is 0 Å². The van der Waals surface area contributed by atoms with Gasteiger partial charge in [-0.1, -0.05) is 11.6 Å². The molecule has 0 aliphatic heterocycles. The van der Waals surface area contributed by atoms with Gasteiger partial charge in [-0.3, -0.25) is 4.79 Å². The van der Waals surface area contributed by atoms with E-state index < -0.39 is 28.8 Å². The fourth-order valence-corrected chi connectivity index (χ4v) is 2.04. The second-order valence-electron chi connectivity index (χ2n) is 4.48. The lowest BCUT2D eigenvalue weighted by molar-refractivity contribution is -0.137. The Balaban J connectivity index is 2.90. The molecule has 0 heterocycles. The molecule has 0 aromatic heterocycles. The molecule has 128 valence electrons. The van der Waals surface area contributed by atoms with Gasteiger partial charge in [0.2, 0.25) is 5.91 Å². The Hall–Kier alpha value is -1.96. The first-order valence-electron chi connectivity index (χ1n) is 6.72. The molecule has 0 saturated carbocycles. The molecule has 23 heavy (non-hydrogen) atoms. The van der Waals surface area contributed by atoms with Gasteiger partial charge in [0.05, 0.1) is 17.2 Å². The van der Waals surface area contributed by atoms with Gasteiger partial charge >= 0.3 is 12.3 Å². The highest BCUT2D eigenvalue weighted by Crippen LogP contribution is 2.36. The number of anilines is 1. The predicted molar refractivity (Wildman–Crippen MR) is 79.5 cm³/mol. The number of hydrogen-bond acceptors (Lipinski definition) is 3. The van der Waals surface area contributed by atoms with E-state index >= 15 is 0 Å². The van der Waals surface area contributed by atoms with E-state index in [0.29, 0.717) is 0 Å². The molecule has 0 saturated heterocycles. The van der Waals surface area contributed by atoms with E-state index in [4.69, 9.17) is 11.6 Å². The number of nitrogens with zero attached hydrogens (tertiary/aromatic N) is 1. The van der Waals surface area contributed by atoms with Crippen molar-refractivity contribution in [3.8, 4) is 0 Å². The molecule has 2 amide bonds. The molecular formula is C14H16ClF3N2O3. The topological polar surface area (TPSA) is 58.6 Å². The number of rotatable bonds is 5. The molecule has 0 aliphatic carbocycles. The highest BCUT2D eigenvalue weighted by Gasteiger charge is 2.34. The SMILES string of the molecule is CCOC(=O)NCCN(C(C)=O)c1ccc(Cl)c(C(F)(F)F)c1. The summed E-state index contributed by atoms with van der Waals surface area (Å²) in [7, 11) is 0. The molecule has 0 unspecified atom stereocenters. The van der Waals surface area contributed by atoms with Crippen LogP contribution in [0.15, 0.2) is 18.2 Å². The number of carbonyl (C=O) groups is 2. The maximum Gasteiger partial charge on any atom is 0.417 e. The van der Waals surface area contributed by atoms with E-state index in [1.165, 1.54) is 13.0 Å². The van der Waals surface area contributed by atoms with Crippen molar-refractivity contribution in [2.75, 3.05) is 24.6 Å². The molecule has 0 fully saturated rings. The average Bonchev–Trinajstić information content (AvgIpc) is 2.43. The van der Waals surface area contributed by atoms with Gasteiger partial charge < -0.3 is 15.0 Å². The standard InChI is InChI=1S/C14H16ClF3N2O3/c1-3-23-13(22)19-6-7-20(9(2)21)10-4-5-12(15)11(8-10)14(16,17)18/h4-5,8H,3,6-7H2,1-2H3,(H,19,22). The summed E-state index contributed by atoms with van der Waals surface area (Å²) in [5.74, 6) is -0.467. The van der Waals surface area contributed by atoms with Gasteiger partial charge in [0.1, 0.15) is 0 Å². The second kappa shape index (κ2) is 8.05. The van der Waals surface area contributed by atoms with Crippen LogP contribution >= 0.6 is 11.6 Å². The molecular weight excluding hydrogens is 337 g/mol. The number of benzene rings is 1. The molecule has 9 heteroatoms. The van der Waals surface area contributed by atoms with Crippen molar-refractivity contribution < 1.29 is 27.5 Å². The summed E-state index contributed by atoms with van der Waals surface area (Å²) >= 11 is 5.55. The van der Waals surface area contributed by atoms with Crippen molar-refractivity contribution >= 4 is 29.3 Å². The summed E-state index contributed by atoms with van der Waals surface area (Å²) in [6.07, 6.45) is -5.29. The highest BCUT2D eigenvalue weighted by molar-refractivity contribution is 6.31. The van der Waals surface area contributed by atoms with E-state index in [-0.39, 0.29) is 25.4 Å². The molecule has 1 aromatic carbocycles. The van der Waals surface area contributed by atoms with Crippen molar-refractivity contribution in [3.63, 3.8) is 0 Å². The van der Waals surface area contributed by atoms with Gasteiger partial charge in [-0.25, -0.2) is 4.79 Å². The van der Waals surface area contributed by atoms with Gasteiger partial charge in [-0.2, -0.15) is 13.2 Å². The van der Waals surface area contributed by atoms with Crippen molar-refractivity contribution in [1.29, 1.82) is 0 Å². The zero-order valence-corrected chi connectivity index (χ0v) is 13.3.